The lowest BCUT2D eigenvalue weighted by molar-refractivity contribution is 0.425. The molecule has 7 heteroatoms. The zero-order valence-electron chi connectivity index (χ0n) is 13.7. The third kappa shape index (κ3) is 2.62. The minimum atomic E-state index is 0.498. The Kier molecular flexibility index (Phi) is 3.68. The summed E-state index contributed by atoms with van der Waals surface area (Å²) >= 11 is 0. The largest absolute Gasteiger partial charge is 0.350 e. The molecule has 0 bridgehead atoms. The van der Waals surface area contributed by atoms with E-state index >= 15 is 0 Å². The van der Waals surface area contributed by atoms with Crippen LogP contribution >= 0.6 is 0 Å². The second-order valence-electron chi connectivity index (χ2n) is 5.80. The molecule has 0 saturated heterocycles. The van der Waals surface area contributed by atoms with E-state index in [4.69, 9.17) is 4.52 Å². The Morgan fingerprint density at radius 3 is 2.96 bits per heavy atom. The number of pyridine rings is 1. The standard InChI is InChI=1S/C17H18N6O/c1-3-15-19-9-12-6-8-23(10-14(12)21-15)16-13(5-4-7-18-16)17-20-11(2)22-24-17/h4-5,7,9H,3,6,8,10H2,1-2H3. The molecular weight excluding hydrogens is 304 g/mol. The van der Waals surface area contributed by atoms with Crippen LogP contribution < -0.4 is 4.90 Å². The third-order valence-corrected chi connectivity index (χ3v) is 4.16. The molecule has 0 spiro atoms. The van der Waals surface area contributed by atoms with Crippen LogP contribution in [0, 0.1) is 6.92 Å². The van der Waals surface area contributed by atoms with Crippen LogP contribution in [0.5, 0.6) is 0 Å². The fourth-order valence-corrected chi connectivity index (χ4v) is 2.92. The lowest BCUT2D eigenvalue weighted by atomic mass is 10.1. The summed E-state index contributed by atoms with van der Waals surface area (Å²) in [6.45, 7) is 5.45. The summed E-state index contributed by atoms with van der Waals surface area (Å²) in [5.41, 5.74) is 3.15. The van der Waals surface area contributed by atoms with E-state index in [1.807, 2.05) is 25.3 Å². The van der Waals surface area contributed by atoms with Crippen LogP contribution in [-0.2, 0) is 19.4 Å². The number of hydrogen-bond donors (Lipinski definition) is 0. The summed E-state index contributed by atoms with van der Waals surface area (Å²) < 4.78 is 5.33. The summed E-state index contributed by atoms with van der Waals surface area (Å²) in [5.74, 6) is 2.84. The smallest absolute Gasteiger partial charge is 0.261 e. The minimum Gasteiger partial charge on any atom is -0.350 e. The maximum Gasteiger partial charge on any atom is 0.261 e. The molecule has 0 atom stereocenters. The average Bonchev–Trinajstić information content (AvgIpc) is 3.07. The van der Waals surface area contributed by atoms with Crippen LogP contribution in [0.25, 0.3) is 11.5 Å². The zero-order valence-corrected chi connectivity index (χ0v) is 13.7. The van der Waals surface area contributed by atoms with Crippen molar-refractivity contribution in [2.45, 2.75) is 33.2 Å². The normalized spacial score (nSPS) is 13.8. The SMILES string of the molecule is CCc1ncc2c(n1)CN(c1ncccc1-c1nc(C)no1)CC2. The van der Waals surface area contributed by atoms with Crippen molar-refractivity contribution in [1.29, 1.82) is 0 Å². The molecule has 0 aromatic carbocycles. The Labute approximate surface area is 139 Å². The molecule has 3 aromatic heterocycles. The molecule has 1 aliphatic rings. The van der Waals surface area contributed by atoms with Gasteiger partial charge >= 0.3 is 0 Å². The van der Waals surface area contributed by atoms with E-state index in [2.05, 4.69) is 36.9 Å². The number of nitrogens with zero attached hydrogens (tertiary/aromatic N) is 6. The van der Waals surface area contributed by atoms with Gasteiger partial charge in [0.25, 0.3) is 5.89 Å². The average molecular weight is 322 g/mol. The number of fused-ring (bicyclic) bond motifs is 1. The van der Waals surface area contributed by atoms with Crippen LogP contribution in [0.4, 0.5) is 5.82 Å². The van der Waals surface area contributed by atoms with Gasteiger partial charge in [0.15, 0.2) is 5.82 Å². The minimum absolute atomic E-state index is 0.498. The Morgan fingerprint density at radius 2 is 2.17 bits per heavy atom. The van der Waals surface area contributed by atoms with Gasteiger partial charge in [-0.1, -0.05) is 12.1 Å². The monoisotopic (exact) mass is 322 g/mol. The van der Waals surface area contributed by atoms with Crippen LogP contribution in [0.2, 0.25) is 0 Å². The van der Waals surface area contributed by atoms with Gasteiger partial charge in [-0.25, -0.2) is 15.0 Å². The van der Waals surface area contributed by atoms with Gasteiger partial charge in [0.2, 0.25) is 0 Å². The topological polar surface area (TPSA) is 80.8 Å². The molecule has 0 radical (unpaired) electrons. The molecule has 0 amide bonds. The maximum atomic E-state index is 5.33. The second kappa shape index (κ2) is 5.99. The molecule has 0 saturated carbocycles. The zero-order chi connectivity index (χ0) is 16.5. The number of aromatic nitrogens is 5. The van der Waals surface area contributed by atoms with Gasteiger partial charge in [-0.2, -0.15) is 4.98 Å². The Morgan fingerprint density at radius 1 is 1.25 bits per heavy atom. The van der Waals surface area contributed by atoms with Gasteiger partial charge in [0.05, 0.1) is 17.8 Å². The van der Waals surface area contributed by atoms with Gasteiger partial charge < -0.3 is 9.42 Å². The number of anilines is 1. The van der Waals surface area contributed by atoms with Crippen molar-refractivity contribution in [3.63, 3.8) is 0 Å². The number of aryl methyl sites for hydroxylation is 2. The highest BCUT2D eigenvalue weighted by atomic mass is 16.5. The molecule has 7 nitrogen and oxygen atoms in total. The molecule has 0 aliphatic carbocycles. The van der Waals surface area contributed by atoms with Crippen molar-refractivity contribution in [3.8, 4) is 11.5 Å². The second-order valence-corrected chi connectivity index (χ2v) is 5.80. The maximum absolute atomic E-state index is 5.33. The summed E-state index contributed by atoms with van der Waals surface area (Å²) in [6, 6.07) is 3.84. The van der Waals surface area contributed by atoms with Crippen LogP contribution in [-0.4, -0.2) is 31.6 Å². The Bertz CT molecular complexity index is 875. The Hall–Kier alpha value is -2.83. The van der Waals surface area contributed by atoms with Crippen molar-refractivity contribution in [2.75, 3.05) is 11.4 Å². The molecule has 1 aliphatic heterocycles. The van der Waals surface area contributed by atoms with E-state index in [9.17, 15) is 0 Å². The van der Waals surface area contributed by atoms with E-state index in [1.54, 1.807) is 6.20 Å². The van der Waals surface area contributed by atoms with Crippen molar-refractivity contribution < 1.29 is 4.52 Å². The van der Waals surface area contributed by atoms with E-state index in [-0.39, 0.29) is 0 Å². The van der Waals surface area contributed by atoms with E-state index < -0.39 is 0 Å². The first kappa shape index (κ1) is 14.7. The van der Waals surface area contributed by atoms with Crippen LogP contribution in [0.1, 0.15) is 29.8 Å². The van der Waals surface area contributed by atoms with Crippen molar-refractivity contribution in [3.05, 3.63) is 47.4 Å². The highest BCUT2D eigenvalue weighted by Gasteiger charge is 2.23. The molecule has 4 heterocycles. The molecule has 122 valence electrons. The summed E-state index contributed by atoms with van der Waals surface area (Å²) in [7, 11) is 0. The fraction of sp³-hybridized carbons (Fsp3) is 0.353. The molecule has 3 aromatic rings. The lowest BCUT2D eigenvalue weighted by Crippen LogP contribution is -2.32. The van der Waals surface area contributed by atoms with Crippen LogP contribution in [0.3, 0.4) is 0 Å². The van der Waals surface area contributed by atoms with E-state index in [0.29, 0.717) is 18.3 Å². The van der Waals surface area contributed by atoms with E-state index in [1.165, 1.54) is 5.56 Å². The highest BCUT2D eigenvalue weighted by molar-refractivity contribution is 5.70. The Balaban J connectivity index is 1.70. The first-order chi connectivity index (χ1) is 11.7. The molecule has 0 N–H and O–H groups in total. The third-order valence-electron chi connectivity index (χ3n) is 4.16. The number of hydrogen-bond acceptors (Lipinski definition) is 7. The van der Waals surface area contributed by atoms with Gasteiger partial charge in [0.1, 0.15) is 11.6 Å². The van der Waals surface area contributed by atoms with Gasteiger partial charge in [0, 0.05) is 25.4 Å². The highest BCUT2D eigenvalue weighted by Crippen LogP contribution is 2.30. The van der Waals surface area contributed by atoms with Crippen molar-refractivity contribution in [1.82, 2.24) is 25.1 Å². The predicted molar refractivity (Wildman–Crippen MR) is 88.4 cm³/mol. The quantitative estimate of drug-likeness (QED) is 0.732. The summed E-state index contributed by atoms with van der Waals surface area (Å²) in [6.07, 6.45) is 5.48. The molecule has 4 rings (SSSR count). The first-order valence-electron chi connectivity index (χ1n) is 8.09. The van der Waals surface area contributed by atoms with Gasteiger partial charge in [-0.3, -0.25) is 0 Å². The predicted octanol–water partition coefficient (Wildman–Crippen LogP) is 2.36. The van der Waals surface area contributed by atoms with Crippen molar-refractivity contribution in [2.24, 2.45) is 0 Å². The fourth-order valence-electron chi connectivity index (χ4n) is 2.92. The van der Waals surface area contributed by atoms with E-state index in [0.717, 1.165) is 42.3 Å². The summed E-state index contributed by atoms with van der Waals surface area (Å²) in [5, 5.41) is 3.88. The summed E-state index contributed by atoms with van der Waals surface area (Å²) in [4.78, 5) is 20.2. The van der Waals surface area contributed by atoms with Crippen LogP contribution in [0.15, 0.2) is 29.0 Å². The molecular formula is C17H18N6O. The van der Waals surface area contributed by atoms with Gasteiger partial charge in [-0.05, 0) is 31.0 Å². The lowest BCUT2D eigenvalue weighted by Gasteiger charge is -2.29. The first-order valence-corrected chi connectivity index (χ1v) is 8.09. The van der Waals surface area contributed by atoms with Gasteiger partial charge in [-0.15, -0.1) is 0 Å². The number of rotatable bonds is 3. The molecule has 0 unspecified atom stereocenters. The van der Waals surface area contributed by atoms with Crippen molar-refractivity contribution >= 4 is 5.82 Å². The molecule has 0 fully saturated rings. The molecule has 24 heavy (non-hydrogen) atoms.